The van der Waals surface area contributed by atoms with Gasteiger partial charge in [0, 0.05) is 37.4 Å². The average Bonchev–Trinajstić information content (AvgIpc) is 3.34. The summed E-state index contributed by atoms with van der Waals surface area (Å²) < 4.78 is 58.7. The van der Waals surface area contributed by atoms with E-state index in [1.807, 2.05) is 0 Å². The van der Waals surface area contributed by atoms with Crippen LogP contribution < -0.4 is 10.9 Å². The fourth-order valence-electron chi connectivity index (χ4n) is 3.83. The molecule has 4 rings (SSSR count). The van der Waals surface area contributed by atoms with Gasteiger partial charge in [0.1, 0.15) is 17.2 Å². The lowest BCUT2D eigenvalue weighted by molar-refractivity contribution is -0.192. The van der Waals surface area contributed by atoms with E-state index in [9.17, 15) is 31.2 Å². The number of rotatable bonds is 3. The van der Waals surface area contributed by atoms with E-state index in [4.69, 9.17) is 21.5 Å². The van der Waals surface area contributed by atoms with Crippen molar-refractivity contribution in [3.8, 4) is 0 Å². The van der Waals surface area contributed by atoms with Gasteiger partial charge in [0.05, 0.1) is 11.3 Å². The van der Waals surface area contributed by atoms with Gasteiger partial charge < -0.3 is 15.0 Å². The van der Waals surface area contributed by atoms with E-state index < -0.39 is 39.1 Å². The Bertz CT molecular complexity index is 1320. The van der Waals surface area contributed by atoms with Gasteiger partial charge in [0.15, 0.2) is 0 Å². The first-order valence-corrected chi connectivity index (χ1v) is 12.2. The number of carboxylic acids is 1. The van der Waals surface area contributed by atoms with E-state index in [0.29, 0.717) is 43.3 Å². The molecule has 2 N–H and O–H groups in total. The second kappa shape index (κ2) is 9.54. The number of hydrogen-bond donors (Lipinski definition) is 2. The number of carboxylic acid groups (broad SMARTS) is 1. The third kappa shape index (κ3) is 5.97. The quantitative estimate of drug-likeness (QED) is 0.597. The fourth-order valence-corrected chi connectivity index (χ4v) is 4.84. The summed E-state index contributed by atoms with van der Waals surface area (Å²) in [6.07, 6.45) is 0.262. The van der Waals surface area contributed by atoms with Gasteiger partial charge in [-0.15, -0.1) is 0 Å². The van der Waals surface area contributed by atoms with Gasteiger partial charge >= 0.3 is 12.1 Å². The summed E-state index contributed by atoms with van der Waals surface area (Å²) in [4.78, 5) is 42.1. The minimum atomic E-state index is -5.08. The number of carbonyl (C=O) groups is 2. The zero-order valence-corrected chi connectivity index (χ0v) is 19.6. The minimum absolute atomic E-state index is 0.0875. The van der Waals surface area contributed by atoms with Crippen LogP contribution in [0.3, 0.4) is 0 Å². The van der Waals surface area contributed by atoms with Crippen molar-refractivity contribution in [3.63, 3.8) is 0 Å². The number of carbonyl (C=O) groups excluding carboxylic acids is 1. The van der Waals surface area contributed by atoms with Crippen molar-refractivity contribution in [1.82, 2.24) is 18.8 Å². The molecule has 2 aliphatic heterocycles. The number of amides is 1. The number of fused-ring (bicyclic) bond motifs is 2. The van der Waals surface area contributed by atoms with Gasteiger partial charge in [-0.1, -0.05) is 11.6 Å². The number of hydrogen-bond acceptors (Lipinski definition) is 7. The Kier molecular flexibility index (Phi) is 7.24. The molecule has 2 aliphatic rings. The number of aromatic nitrogens is 3. The summed E-state index contributed by atoms with van der Waals surface area (Å²) in [5.41, 5.74) is -1.21. The van der Waals surface area contributed by atoms with Crippen molar-refractivity contribution < 1.29 is 36.3 Å². The van der Waals surface area contributed by atoms with Crippen LogP contribution in [0.4, 0.5) is 19.0 Å². The standard InChI is InChI=1S/C17H18ClN5O4S.C2HF3O2/c1-28(26,27)23-7-5-17(10-23)4-6-22-9-12(15(25)21-16(17)22)14(24)20-13-3-2-11(18)8-19-13;3-2(4,5)1(6)7/h2-3,8-9H,4-7,10H2,1H3,(H,19,20,24);(H,6,7). The normalized spacial score (nSPS) is 19.7. The number of pyridine rings is 1. The first kappa shape index (κ1) is 26.6. The Morgan fingerprint density at radius 3 is 2.37 bits per heavy atom. The monoisotopic (exact) mass is 537 g/mol. The first-order chi connectivity index (χ1) is 16.1. The summed E-state index contributed by atoms with van der Waals surface area (Å²) in [5.74, 6) is -2.54. The van der Waals surface area contributed by atoms with E-state index >= 15 is 0 Å². The van der Waals surface area contributed by atoms with E-state index in [0.717, 1.165) is 0 Å². The molecule has 11 nitrogen and oxygen atoms in total. The van der Waals surface area contributed by atoms with E-state index in [2.05, 4.69) is 15.3 Å². The summed E-state index contributed by atoms with van der Waals surface area (Å²) >= 11 is 5.77. The largest absolute Gasteiger partial charge is 0.490 e. The lowest BCUT2D eigenvalue weighted by Gasteiger charge is -2.22. The molecule has 35 heavy (non-hydrogen) atoms. The molecule has 0 radical (unpaired) electrons. The van der Waals surface area contributed by atoms with Crippen LogP contribution in [0.1, 0.15) is 29.0 Å². The van der Waals surface area contributed by atoms with Gasteiger partial charge in [-0.2, -0.15) is 18.2 Å². The number of halogens is 4. The van der Waals surface area contributed by atoms with Crippen molar-refractivity contribution in [2.45, 2.75) is 31.0 Å². The van der Waals surface area contributed by atoms with Crippen LogP contribution in [0.15, 0.2) is 29.3 Å². The lowest BCUT2D eigenvalue weighted by Crippen LogP contribution is -2.35. The van der Waals surface area contributed by atoms with E-state index in [1.54, 1.807) is 10.6 Å². The Hall–Kier alpha value is -3.04. The van der Waals surface area contributed by atoms with E-state index in [1.165, 1.54) is 29.0 Å². The Morgan fingerprint density at radius 1 is 1.23 bits per heavy atom. The molecular formula is C19H19ClF3N5O6S. The predicted octanol–water partition coefficient (Wildman–Crippen LogP) is 1.48. The molecule has 1 amide bonds. The Balaban J connectivity index is 0.000000429. The summed E-state index contributed by atoms with van der Waals surface area (Å²) in [5, 5.41) is 10.1. The number of nitrogens with zero attached hydrogens (tertiary/aromatic N) is 4. The highest BCUT2D eigenvalue weighted by molar-refractivity contribution is 7.88. The molecule has 1 unspecified atom stereocenters. The van der Waals surface area contributed by atoms with Crippen molar-refractivity contribution in [3.05, 3.63) is 51.3 Å². The highest BCUT2D eigenvalue weighted by Gasteiger charge is 2.48. The molecule has 0 aromatic carbocycles. The molecule has 2 aromatic heterocycles. The fraction of sp³-hybridized carbons (Fsp3) is 0.421. The van der Waals surface area contributed by atoms with E-state index in [-0.39, 0.29) is 11.4 Å². The molecule has 190 valence electrons. The smallest absolute Gasteiger partial charge is 0.475 e. The molecule has 4 heterocycles. The predicted molar refractivity (Wildman–Crippen MR) is 117 cm³/mol. The number of nitrogens with one attached hydrogen (secondary N) is 1. The van der Waals surface area contributed by atoms with Crippen molar-refractivity contribution in [1.29, 1.82) is 0 Å². The number of aliphatic carboxylic acids is 1. The zero-order chi connectivity index (χ0) is 26.2. The van der Waals surface area contributed by atoms with Gasteiger partial charge in [-0.05, 0) is 25.0 Å². The number of aryl methyl sites for hydroxylation is 1. The second-order valence-corrected chi connectivity index (χ2v) is 10.4. The topological polar surface area (TPSA) is 152 Å². The minimum Gasteiger partial charge on any atom is -0.475 e. The number of sulfonamides is 1. The highest BCUT2D eigenvalue weighted by atomic mass is 35.5. The zero-order valence-electron chi connectivity index (χ0n) is 18.0. The van der Waals surface area contributed by atoms with Crippen LogP contribution in [0.2, 0.25) is 5.02 Å². The molecule has 1 spiro atoms. The Labute approximate surface area is 201 Å². The highest BCUT2D eigenvalue weighted by Crippen LogP contribution is 2.41. The van der Waals surface area contributed by atoms with Gasteiger partial charge in [0.2, 0.25) is 10.0 Å². The van der Waals surface area contributed by atoms with Gasteiger partial charge in [-0.25, -0.2) is 22.5 Å². The molecule has 1 atom stereocenters. The first-order valence-electron chi connectivity index (χ1n) is 9.92. The molecule has 16 heteroatoms. The summed E-state index contributed by atoms with van der Waals surface area (Å²) in [6.45, 7) is 1.28. The molecular weight excluding hydrogens is 519 g/mol. The van der Waals surface area contributed by atoms with Crippen molar-refractivity contribution >= 4 is 39.3 Å². The molecule has 0 aliphatic carbocycles. The molecule has 1 saturated heterocycles. The van der Waals surface area contributed by atoms with Gasteiger partial charge in [-0.3, -0.25) is 9.59 Å². The molecule has 0 bridgehead atoms. The van der Waals surface area contributed by atoms with Crippen LogP contribution >= 0.6 is 11.6 Å². The van der Waals surface area contributed by atoms with Gasteiger partial charge in [0.25, 0.3) is 11.5 Å². The van der Waals surface area contributed by atoms with Crippen LogP contribution in [0.5, 0.6) is 0 Å². The average molecular weight is 538 g/mol. The van der Waals surface area contributed by atoms with Crippen LogP contribution in [-0.4, -0.2) is 69.8 Å². The van der Waals surface area contributed by atoms with Crippen LogP contribution in [-0.2, 0) is 26.8 Å². The maximum absolute atomic E-state index is 12.5. The van der Waals surface area contributed by atoms with Crippen molar-refractivity contribution in [2.24, 2.45) is 0 Å². The van der Waals surface area contributed by atoms with Crippen LogP contribution in [0, 0.1) is 0 Å². The summed E-state index contributed by atoms with van der Waals surface area (Å²) in [7, 11) is -3.30. The SMILES string of the molecule is CS(=O)(=O)N1CCC2(CCn3cc(C(=O)Nc4ccc(Cl)cn4)c(=O)nc32)C1.O=C(O)C(F)(F)F. The second-order valence-electron chi connectivity index (χ2n) is 7.97. The third-order valence-corrected chi connectivity index (χ3v) is 7.02. The molecule has 0 saturated carbocycles. The number of alkyl halides is 3. The van der Waals surface area contributed by atoms with Crippen LogP contribution in [0.25, 0.3) is 0 Å². The Morgan fingerprint density at radius 2 is 1.86 bits per heavy atom. The third-order valence-electron chi connectivity index (χ3n) is 5.54. The lowest BCUT2D eigenvalue weighted by atomic mass is 9.85. The number of anilines is 1. The maximum Gasteiger partial charge on any atom is 0.490 e. The molecule has 1 fully saturated rings. The summed E-state index contributed by atoms with van der Waals surface area (Å²) in [6, 6.07) is 3.11. The van der Waals surface area contributed by atoms with Crippen molar-refractivity contribution in [2.75, 3.05) is 24.7 Å². The maximum atomic E-state index is 12.5. The molecule has 2 aromatic rings.